The topological polar surface area (TPSA) is 100 Å². The second-order valence-electron chi connectivity index (χ2n) is 8.96. The van der Waals surface area contributed by atoms with Gasteiger partial charge in [0.15, 0.2) is 0 Å². The Morgan fingerprint density at radius 2 is 1.82 bits per heavy atom. The van der Waals surface area contributed by atoms with Gasteiger partial charge in [0.1, 0.15) is 28.0 Å². The Balaban J connectivity index is 1.20. The largest absolute Gasteiger partial charge is 0.494 e. The van der Waals surface area contributed by atoms with Gasteiger partial charge in [-0.25, -0.2) is 9.78 Å². The van der Waals surface area contributed by atoms with Crippen molar-refractivity contribution in [1.29, 1.82) is 5.26 Å². The normalized spacial score (nSPS) is 13.7. The van der Waals surface area contributed by atoms with Crippen LogP contribution in [0.25, 0.3) is 15.6 Å². The van der Waals surface area contributed by atoms with Gasteiger partial charge in [0.05, 0.1) is 17.0 Å². The SMILES string of the molecule is CCCCOc1ccc(OC(=O)/C(C#N)=C/c2cc3sc(/N=N/c4ccc(N5CCCC5)cc4)nc3s2)cc1. The molecule has 5 rings (SSSR count). The van der Waals surface area contributed by atoms with E-state index >= 15 is 0 Å². The van der Waals surface area contributed by atoms with Gasteiger partial charge < -0.3 is 14.4 Å². The van der Waals surface area contributed by atoms with Gasteiger partial charge in [-0.3, -0.25) is 0 Å². The first kappa shape index (κ1) is 26.5. The summed E-state index contributed by atoms with van der Waals surface area (Å²) >= 11 is 2.78. The van der Waals surface area contributed by atoms with Crippen molar-refractivity contribution in [2.24, 2.45) is 10.2 Å². The molecule has 0 N–H and O–H groups in total. The van der Waals surface area contributed by atoms with Crippen molar-refractivity contribution in [1.82, 2.24) is 4.98 Å². The van der Waals surface area contributed by atoms with Crippen molar-refractivity contribution in [3.8, 4) is 17.6 Å². The van der Waals surface area contributed by atoms with Crippen LogP contribution in [-0.2, 0) is 4.79 Å². The second kappa shape index (κ2) is 12.7. The van der Waals surface area contributed by atoms with E-state index in [4.69, 9.17) is 9.47 Å². The molecule has 0 amide bonds. The number of carbonyl (C=O) groups is 1. The number of thiophene rings is 1. The summed E-state index contributed by atoms with van der Waals surface area (Å²) in [6, 6.07) is 18.7. The Bertz CT molecular complexity index is 1490. The molecule has 0 bridgehead atoms. The van der Waals surface area contributed by atoms with Crippen LogP contribution in [0.2, 0.25) is 0 Å². The van der Waals surface area contributed by atoms with Crippen molar-refractivity contribution < 1.29 is 14.3 Å². The quantitative estimate of drug-likeness (QED) is 0.0488. The minimum Gasteiger partial charge on any atom is -0.494 e. The molecule has 0 atom stereocenters. The third-order valence-corrected chi connectivity index (χ3v) is 8.09. The third-order valence-electron chi connectivity index (χ3n) is 6.10. The van der Waals surface area contributed by atoms with Gasteiger partial charge in [-0.2, -0.15) is 5.26 Å². The molecule has 1 aliphatic heterocycles. The van der Waals surface area contributed by atoms with Crippen molar-refractivity contribution in [3.63, 3.8) is 0 Å². The van der Waals surface area contributed by atoms with Crippen LogP contribution in [0, 0.1) is 11.3 Å². The minimum absolute atomic E-state index is 0.0931. The van der Waals surface area contributed by atoms with E-state index in [1.807, 2.05) is 24.3 Å². The lowest BCUT2D eigenvalue weighted by molar-refractivity contribution is -0.129. The van der Waals surface area contributed by atoms with Crippen molar-refractivity contribution in [2.45, 2.75) is 32.6 Å². The maximum Gasteiger partial charge on any atom is 0.354 e. The zero-order valence-electron chi connectivity index (χ0n) is 21.5. The number of azo groups is 1. The van der Waals surface area contributed by atoms with E-state index in [1.165, 1.54) is 47.3 Å². The molecule has 4 aromatic rings. The van der Waals surface area contributed by atoms with Crippen LogP contribution in [0.4, 0.5) is 16.5 Å². The lowest BCUT2D eigenvalue weighted by Gasteiger charge is -2.17. The number of aromatic nitrogens is 1. The first-order chi connectivity index (χ1) is 19.1. The maximum absolute atomic E-state index is 12.6. The Morgan fingerprint density at radius 1 is 1.08 bits per heavy atom. The average molecular weight is 558 g/mol. The fourth-order valence-corrected chi connectivity index (χ4v) is 6.03. The number of anilines is 1. The summed E-state index contributed by atoms with van der Waals surface area (Å²) in [5.41, 5.74) is 1.90. The van der Waals surface area contributed by atoms with Gasteiger partial charge in [0, 0.05) is 23.7 Å². The number of benzene rings is 2. The molecule has 0 saturated carbocycles. The standard InChI is InChI=1S/C29H27N5O3S2/c1-2-3-16-36-23-10-12-24(13-11-23)37-28(35)20(19-30)17-25-18-26-27(38-25)31-29(39-26)33-32-21-6-8-22(9-7-21)34-14-4-5-15-34/h6-13,17-18H,2-5,14-16H2,1H3/b20-17+,33-32+. The zero-order chi connectivity index (χ0) is 27.0. The van der Waals surface area contributed by atoms with Crippen LogP contribution in [0.5, 0.6) is 11.5 Å². The monoisotopic (exact) mass is 557 g/mol. The number of nitriles is 1. The van der Waals surface area contributed by atoms with Crippen LogP contribution < -0.4 is 14.4 Å². The van der Waals surface area contributed by atoms with Crippen LogP contribution >= 0.6 is 22.7 Å². The second-order valence-corrected chi connectivity index (χ2v) is 11.0. The first-order valence-electron chi connectivity index (χ1n) is 12.9. The average Bonchev–Trinajstić information content (AvgIpc) is 3.69. The number of ether oxygens (including phenoxy) is 2. The fraction of sp³-hybridized carbons (Fsp3) is 0.276. The van der Waals surface area contributed by atoms with E-state index in [1.54, 1.807) is 24.3 Å². The number of hydrogen-bond acceptors (Lipinski definition) is 10. The predicted molar refractivity (Wildman–Crippen MR) is 156 cm³/mol. The number of nitrogens with zero attached hydrogens (tertiary/aromatic N) is 5. The van der Waals surface area contributed by atoms with Crippen molar-refractivity contribution in [2.75, 3.05) is 24.6 Å². The van der Waals surface area contributed by atoms with E-state index in [9.17, 15) is 10.1 Å². The number of hydrogen-bond donors (Lipinski definition) is 0. The number of unbranched alkanes of at least 4 members (excludes halogenated alkanes) is 1. The van der Waals surface area contributed by atoms with Gasteiger partial charge in [0.25, 0.3) is 0 Å². The number of rotatable bonds is 10. The molecule has 39 heavy (non-hydrogen) atoms. The molecule has 0 radical (unpaired) electrons. The Hall–Kier alpha value is -4.07. The van der Waals surface area contributed by atoms with E-state index < -0.39 is 5.97 Å². The molecular formula is C29H27N5O3S2. The molecule has 8 nitrogen and oxygen atoms in total. The minimum atomic E-state index is -0.716. The van der Waals surface area contributed by atoms with Crippen molar-refractivity contribution >= 4 is 60.8 Å². The van der Waals surface area contributed by atoms with Gasteiger partial charge in [0.2, 0.25) is 5.13 Å². The van der Waals surface area contributed by atoms with Crippen molar-refractivity contribution in [3.05, 3.63) is 65.0 Å². The molecule has 0 spiro atoms. The number of fused-ring (bicyclic) bond motifs is 1. The Kier molecular flexibility index (Phi) is 8.61. The van der Waals surface area contributed by atoms with Crippen LogP contribution in [0.3, 0.4) is 0 Å². The number of thiazole rings is 1. The summed E-state index contributed by atoms with van der Waals surface area (Å²) < 4.78 is 11.9. The summed E-state index contributed by atoms with van der Waals surface area (Å²) in [6.45, 7) is 4.95. The lowest BCUT2D eigenvalue weighted by atomic mass is 10.2. The summed E-state index contributed by atoms with van der Waals surface area (Å²) in [5, 5.41) is 18.7. The lowest BCUT2D eigenvalue weighted by Crippen LogP contribution is -2.17. The molecular weight excluding hydrogens is 530 g/mol. The highest BCUT2D eigenvalue weighted by Crippen LogP contribution is 2.36. The van der Waals surface area contributed by atoms with E-state index in [2.05, 4.69) is 39.2 Å². The van der Waals surface area contributed by atoms with Crippen LogP contribution in [0.1, 0.15) is 37.5 Å². The highest BCUT2D eigenvalue weighted by Gasteiger charge is 2.15. The molecule has 1 fully saturated rings. The molecule has 3 heterocycles. The summed E-state index contributed by atoms with van der Waals surface area (Å²) in [5.74, 6) is 0.338. The fourth-order valence-electron chi connectivity index (χ4n) is 4.04. The molecule has 1 saturated heterocycles. The van der Waals surface area contributed by atoms with Crippen LogP contribution in [0.15, 0.2) is 70.4 Å². The summed E-state index contributed by atoms with van der Waals surface area (Å²) in [7, 11) is 0. The highest BCUT2D eigenvalue weighted by molar-refractivity contribution is 7.29. The number of esters is 1. The van der Waals surface area contributed by atoms with E-state index in [-0.39, 0.29) is 5.57 Å². The molecule has 2 aromatic carbocycles. The van der Waals surface area contributed by atoms with Gasteiger partial charge in [-0.1, -0.05) is 24.7 Å². The smallest absolute Gasteiger partial charge is 0.354 e. The van der Waals surface area contributed by atoms with E-state index in [0.717, 1.165) is 46.0 Å². The third kappa shape index (κ3) is 6.88. The predicted octanol–water partition coefficient (Wildman–Crippen LogP) is 8.06. The Morgan fingerprint density at radius 3 is 2.51 bits per heavy atom. The first-order valence-corrected chi connectivity index (χ1v) is 14.5. The molecule has 1 aliphatic rings. The maximum atomic E-state index is 12.6. The van der Waals surface area contributed by atoms with Gasteiger partial charge in [-0.15, -0.1) is 21.6 Å². The van der Waals surface area contributed by atoms with E-state index in [0.29, 0.717) is 23.2 Å². The highest BCUT2D eigenvalue weighted by atomic mass is 32.1. The van der Waals surface area contributed by atoms with Gasteiger partial charge >= 0.3 is 5.97 Å². The molecule has 0 unspecified atom stereocenters. The summed E-state index contributed by atoms with van der Waals surface area (Å²) in [4.78, 5) is 21.0. The number of carbonyl (C=O) groups excluding carboxylic acids is 1. The Labute approximate surface area is 234 Å². The molecule has 10 heteroatoms. The molecule has 198 valence electrons. The summed E-state index contributed by atoms with van der Waals surface area (Å²) in [6.07, 6.45) is 6.03. The van der Waals surface area contributed by atoms with Crippen LogP contribution in [-0.4, -0.2) is 30.6 Å². The van der Waals surface area contributed by atoms with Gasteiger partial charge in [-0.05, 0) is 79.9 Å². The molecule has 2 aromatic heterocycles. The zero-order valence-corrected chi connectivity index (χ0v) is 23.1. The molecule has 0 aliphatic carbocycles.